The highest BCUT2D eigenvalue weighted by molar-refractivity contribution is 7.99. The topological polar surface area (TPSA) is 43.6 Å². The second-order valence-corrected chi connectivity index (χ2v) is 7.75. The van der Waals surface area contributed by atoms with Crippen molar-refractivity contribution in [1.82, 2.24) is 19.5 Å². The Kier molecular flexibility index (Phi) is 2.42. The maximum absolute atomic E-state index is 6.11. The predicted octanol–water partition coefficient (Wildman–Crippen LogP) is 3.04. The number of halogens is 1. The van der Waals surface area contributed by atoms with Crippen LogP contribution in [-0.4, -0.2) is 31.0 Å². The summed E-state index contributed by atoms with van der Waals surface area (Å²) in [6, 6.07) is 0.566. The lowest BCUT2D eigenvalue weighted by molar-refractivity contribution is 0.210. The van der Waals surface area contributed by atoms with E-state index in [9.17, 15) is 0 Å². The number of fused-ring (bicyclic) bond motifs is 6. The molecule has 5 atom stereocenters. The number of imidazole rings is 1. The Balaban J connectivity index is 1.59. The summed E-state index contributed by atoms with van der Waals surface area (Å²) in [5.41, 5.74) is 1.65. The fourth-order valence-corrected chi connectivity index (χ4v) is 6.67. The van der Waals surface area contributed by atoms with Crippen LogP contribution in [0.1, 0.15) is 18.9 Å². The molecule has 2 bridgehead atoms. The van der Waals surface area contributed by atoms with Gasteiger partial charge in [0.2, 0.25) is 0 Å². The molecule has 2 aliphatic carbocycles. The molecule has 4 nitrogen and oxygen atoms in total. The molecule has 104 valence electrons. The number of thioether (sulfide) groups is 1. The van der Waals surface area contributed by atoms with E-state index < -0.39 is 0 Å². The van der Waals surface area contributed by atoms with E-state index in [0.29, 0.717) is 11.2 Å². The average Bonchev–Trinajstić information content (AvgIpc) is 3.19. The van der Waals surface area contributed by atoms with Gasteiger partial charge in [0.25, 0.3) is 0 Å². The first-order valence-electron chi connectivity index (χ1n) is 7.23. The largest absolute Gasteiger partial charge is 0.312 e. The Morgan fingerprint density at radius 3 is 2.95 bits per heavy atom. The van der Waals surface area contributed by atoms with Gasteiger partial charge in [-0.05, 0) is 48.0 Å². The zero-order valence-corrected chi connectivity index (χ0v) is 12.5. The standard InChI is InChI=1S/C14H15ClN4S/c15-13-12-14(17-5-16-13)19(6-18-12)11-2-7-1-8(11)10-4-20-3-9(7)10/h5-11H,1-4H2/t7-,8+,9?,10?,11?/m1/s1. The van der Waals surface area contributed by atoms with Crippen LogP contribution in [0.3, 0.4) is 0 Å². The van der Waals surface area contributed by atoms with Crippen molar-refractivity contribution in [2.75, 3.05) is 11.5 Å². The fraction of sp³-hybridized carbons (Fsp3) is 0.643. The molecular formula is C14H15ClN4S. The molecule has 6 heteroatoms. The van der Waals surface area contributed by atoms with E-state index in [0.717, 1.165) is 34.8 Å². The normalized spacial score (nSPS) is 38.8. The number of hydrogen-bond donors (Lipinski definition) is 0. The molecule has 0 amide bonds. The van der Waals surface area contributed by atoms with E-state index in [1.807, 2.05) is 6.33 Å². The van der Waals surface area contributed by atoms with E-state index in [2.05, 4.69) is 31.3 Å². The first-order chi connectivity index (χ1) is 9.83. The highest BCUT2D eigenvalue weighted by atomic mass is 35.5. The van der Waals surface area contributed by atoms with Crippen molar-refractivity contribution in [1.29, 1.82) is 0 Å². The smallest absolute Gasteiger partial charge is 0.165 e. The van der Waals surface area contributed by atoms with Crippen LogP contribution in [-0.2, 0) is 0 Å². The van der Waals surface area contributed by atoms with Crippen molar-refractivity contribution in [3.05, 3.63) is 17.8 Å². The van der Waals surface area contributed by atoms with Crippen molar-refractivity contribution in [3.63, 3.8) is 0 Å². The number of aromatic nitrogens is 4. The zero-order valence-electron chi connectivity index (χ0n) is 10.9. The zero-order chi connectivity index (χ0) is 13.3. The lowest BCUT2D eigenvalue weighted by atomic mass is 9.79. The quantitative estimate of drug-likeness (QED) is 0.760. The van der Waals surface area contributed by atoms with Gasteiger partial charge in [0, 0.05) is 6.04 Å². The molecule has 3 fully saturated rings. The summed E-state index contributed by atoms with van der Waals surface area (Å²) in [6.07, 6.45) is 6.16. The molecule has 5 rings (SSSR count). The van der Waals surface area contributed by atoms with Crippen LogP contribution < -0.4 is 0 Å². The predicted molar refractivity (Wildman–Crippen MR) is 79.9 cm³/mol. The minimum Gasteiger partial charge on any atom is -0.312 e. The molecule has 20 heavy (non-hydrogen) atoms. The van der Waals surface area contributed by atoms with Gasteiger partial charge in [-0.15, -0.1) is 0 Å². The minimum absolute atomic E-state index is 0.464. The molecule has 1 saturated heterocycles. The molecule has 0 aromatic carbocycles. The number of rotatable bonds is 1. The molecule has 0 radical (unpaired) electrons. The van der Waals surface area contributed by atoms with Gasteiger partial charge in [0.05, 0.1) is 6.33 Å². The molecular weight excluding hydrogens is 292 g/mol. The Morgan fingerprint density at radius 2 is 2.00 bits per heavy atom. The molecule has 2 aromatic heterocycles. The van der Waals surface area contributed by atoms with E-state index in [1.165, 1.54) is 24.3 Å². The van der Waals surface area contributed by atoms with Gasteiger partial charge in [-0.1, -0.05) is 11.6 Å². The summed E-state index contributed by atoms with van der Waals surface area (Å²) in [5.74, 6) is 6.36. The maximum atomic E-state index is 6.11. The van der Waals surface area contributed by atoms with Crippen LogP contribution in [0, 0.1) is 23.7 Å². The van der Waals surface area contributed by atoms with Crippen molar-refractivity contribution < 1.29 is 0 Å². The van der Waals surface area contributed by atoms with Gasteiger partial charge >= 0.3 is 0 Å². The molecule has 0 spiro atoms. The monoisotopic (exact) mass is 306 g/mol. The lowest BCUT2D eigenvalue weighted by Gasteiger charge is -2.31. The average molecular weight is 307 g/mol. The summed E-state index contributed by atoms with van der Waals surface area (Å²) in [5, 5.41) is 0.464. The van der Waals surface area contributed by atoms with Crippen LogP contribution >= 0.6 is 23.4 Å². The summed E-state index contributed by atoms with van der Waals surface area (Å²) < 4.78 is 2.27. The van der Waals surface area contributed by atoms with Crippen LogP contribution in [0.5, 0.6) is 0 Å². The fourth-order valence-electron chi connectivity index (χ4n) is 4.80. The third-order valence-corrected chi connectivity index (χ3v) is 7.13. The second kappa shape index (κ2) is 4.10. The van der Waals surface area contributed by atoms with Gasteiger partial charge in [0.1, 0.15) is 11.8 Å². The lowest BCUT2D eigenvalue weighted by Crippen LogP contribution is -2.28. The van der Waals surface area contributed by atoms with Crippen molar-refractivity contribution in [2.24, 2.45) is 23.7 Å². The minimum atomic E-state index is 0.464. The van der Waals surface area contributed by atoms with Crippen LogP contribution in [0.25, 0.3) is 11.2 Å². The van der Waals surface area contributed by atoms with Crippen LogP contribution in [0.2, 0.25) is 5.15 Å². The van der Waals surface area contributed by atoms with Crippen LogP contribution in [0.4, 0.5) is 0 Å². The van der Waals surface area contributed by atoms with Gasteiger partial charge in [-0.25, -0.2) is 15.0 Å². The molecule has 2 saturated carbocycles. The van der Waals surface area contributed by atoms with Crippen molar-refractivity contribution >= 4 is 34.5 Å². The van der Waals surface area contributed by atoms with E-state index in [1.54, 1.807) is 6.33 Å². The van der Waals surface area contributed by atoms with E-state index >= 15 is 0 Å². The van der Waals surface area contributed by atoms with E-state index in [4.69, 9.17) is 11.6 Å². The Hall–Kier alpha value is -0.810. The van der Waals surface area contributed by atoms with Gasteiger partial charge < -0.3 is 4.57 Å². The van der Waals surface area contributed by atoms with Gasteiger partial charge in [-0.2, -0.15) is 11.8 Å². The number of hydrogen-bond acceptors (Lipinski definition) is 4. The number of nitrogens with zero attached hydrogens (tertiary/aromatic N) is 4. The van der Waals surface area contributed by atoms with Crippen molar-refractivity contribution in [2.45, 2.75) is 18.9 Å². The van der Waals surface area contributed by atoms with Gasteiger partial charge in [-0.3, -0.25) is 0 Å². The molecule has 3 aliphatic rings. The first kappa shape index (κ1) is 11.8. The molecule has 0 N–H and O–H groups in total. The molecule has 1 aliphatic heterocycles. The van der Waals surface area contributed by atoms with Crippen molar-refractivity contribution in [3.8, 4) is 0 Å². The third kappa shape index (κ3) is 1.43. The summed E-state index contributed by atoms with van der Waals surface area (Å²) in [4.78, 5) is 12.9. The van der Waals surface area contributed by atoms with Gasteiger partial charge in [0.15, 0.2) is 10.8 Å². The summed E-state index contributed by atoms with van der Waals surface area (Å²) in [6.45, 7) is 0. The first-order valence-corrected chi connectivity index (χ1v) is 8.77. The molecule has 3 heterocycles. The molecule has 2 aromatic rings. The van der Waals surface area contributed by atoms with E-state index in [-0.39, 0.29) is 0 Å². The summed E-state index contributed by atoms with van der Waals surface area (Å²) >= 11 is 8.26. The summed E-state index contributed by atoms with van der Waals surface area (Å²) in [7, 11) is 0. The maximum Gasteiger partial charge on any atom is 0.165 e. The Labute approximate surface area is 126 Å². The Bertz CT molecular complexity index is 687. The Morgan fingerprint density at radius 1 is 1.10 bits per heavy atom. The molecule has 3 unspecified atom stereocenters. The second-order valence-electron chi connectivity index (χ2n) is 6.32. The highest BCUT2D eigenvalue weighted by Crippen LogP contribution is 2.61. The highest BCUT2D eigenvalue weighted by Gasteiger charge is 2.54. The SMILES string of the molecule is Clc1ncnc2c1ncn2C1C[C@H]2C[C@H]1C1CSCC12. The van der Waals surface area contributed by atoms with Crippen LogP contribution in [0.15, 0.2) is 12.7 Å². The third-order valence-electron chi connectivity index (χ3n) is 5.61.